The standard InChI is InChI=1S/C13H28N2O/c1-5-12(4)14-10-13(16)6-8-15(9-7-13)11(2)3/h11-12,14,16H,5-10H2,1-4H3. The van der Waals surface area contributed by atoms with Gasteiger partial charge in [-0.15, -0.1) is 0 Å². The molecule has 1 saturated heterocycles. The normalized spacial score (nSPS) is 23.6. The lowest BCUT2D eigenvalue weighted by atomic mass is 9.90. The third-order valence-electron chi connectivity index (χ3n) is 3.85. The molecule has 16 heavy (non-hydrogen) atoms. The third kappa shape index (κ3) is 4.04. The van der Waals surface area contributed by atoms with Crippen LogP contribution in [0.1, 0.15) is 47.0 Å². The van der Waals surface area contributed by atoms with Crippen LogP contribution in [0.3, 0.4) is 0 Å². The number of hydrogen-bond acceptors (Lipinski definition) is 3. The second-order valence-electron chi connectivity index (χ2n) is 5.54. The molecule has 0 aromatic rings. The van der Waals surface area contributed by atoms with Gasteiger partial charge in [0.1, 0.15) is 0 Å². The molecule has 1 heterocycles. The van der Waals surface area contributed by atoms with Crippen molar-refractivity contribution in [3.63, 3.8) is 0 Å². The molecule has 0 aromatic heterocycles. The van der Waals surface area contributed by atoms with E-state index in [1.165, 1.54) is 0 Å². The summed E-state index contributed by atoms with van der Waals surface area (Å²) in [6.07, 6.45) is 2.91. The summed E-state index contributed by atoms with van der Waals surface area (Å²) >= 11 is 0. The van der Waals surface area contributed by atoms with E-state index >= 15 is 0 Å². The highest BCUT2D eigenvalue weighted by Gasteiger charge is 2.32. The Kier molecular flexibility index (Phi) is 5.22. The van der Waals surface area contributed by atoms with Gasteiger partial charge < -0.3 is 15.3 Å². The van der Waals surface area contributed by atoms with Crippen molar-refractivity contribution in [3.05, 3.63) is 0 Å². The first kappa shape index (κ1) is 13.9. The van der Waals surface area contributed by atoms with Gasteiger partial charge in [0.05, 0.1) is 5.60 Å². The van der Waals surface area contributed by atoms with Crippen molar-refractivity contribution < 1.29 is 5.11 Å². The summed E-state index contributed by atoms with van der Waals surface area (Å²) in [5.41, 5.74) is -0.477. The topological polar surface area (TPSA) is 35.5 Å². The van der Waals surface area contributed by atoms with Gasteiger partial charge in [-0.3, -0.25) is 0 Å². The molecule has 0 aromatic carbocycles. The van der Waals surface area contributed by atoms with Crippen LogP contribution in [0.15, 0.2) is 0 Å². The first-order valence-corrected chi connectivity index (χ1v) is 6.66. The maximum Gasteiger partial charge on any atom is 0.0796 e. The van der Waals surface area contributed by atoms with Crippen molar-refractivity contribution in [2.45, 2.75) is 64.6 Å². The summed E-state index contributed by atoms with van der Waals surface area (Å²) in [5, 5.41) is 13.8. The molecule has 3 heteroatoms. The van der Waals surface area contributed by atoms with Gasteiger partial charge in [-0.25, -0.2) is 0 Å². The van der Waals surface area contributed by atoms with Crippen molar-refractivity contribution in [3.8, 4) is 0 Å². The average molecular weight is 228 g/mol. The zero-order chi connectivity index (χ0) is 12.2. The second-order valence-corrected chi connectivity index (χ2v) is 5.54. The summed E-state index contributed by atoms with van der Waals surface area (Å²) in [4.78, 5) is 2.44. The molecule has 1 aliphatic heterocycles. The molecule has 1 rings (SSSR count). The summed E-state index contributed by atoms with van der Waals surface area (Å²) in [6.45, 7) is 11.6. The molecular formula is C13H28N2O. The Morgan fingerprint density at radius 2 is 1.81 bits per heavy atom. The fourth-order valence-electron chi connectivity index (χ4n) is 2.14. The number of nitrogens with zero attached hydrogens (tertiary/aromatic N) is 1. The highest BCUT2D eigenvalue weighted by Crippen LogP contribution is 2.22. The molecule has 1 fully saturated rings. The minimum absolute atomic E-state index is 0.477. The van der Waals surface area contributed by atoms with Crippen LogP contribution in [0, 0.1) is 0 Å². The number of hydrogen-bond donors (Lipinski definition) is 2. The molecule has 0 spiro atoms. The fourth-order valence-corrected chi connectivity index (χ4v) is 2.14. The van der Waals surface area contributed by atoms with E-state index < -0.39 is 5.60 Å². The molecule has 1 aliphatic rings. The van der Waals surface area contributed by atoms with E-state index in [1.807, 2.05) is 0 Å². The van der Waals surface area contributed by atoms with E-state index in [0.29, 0.717) is 12.1 Å². The monoisotopic (exact) mass is 228 g/mol. The molecule has 2 N–H and O–H groups in total. The van der Waals surface area contributed by atoms with Gasteiger partial charge >= 0.3 is 0 Å². The predicted molar refractivity (Wildman–Crippen MR) is 68.6 cm³/mol. The molecule has 0 radical (unpaired) electrons. The van der Waals surface area contributed by atoms with Crippen LogP contribution in [0.2, 0.25) is 0 Å². The van der Waals surface area contributed by atoms with E-state index in [-0.39, 0.29) is 0 Å². The van der Waals surface area contributed by atoms with Crippen molar-refractivity contribution >= 4 is 0 Å². The molecule has 96 valence electrons. The lowest BCUT2D eigenvalue weighted by Gasteiger charge is -2.40. The second kappa shape index (κ2) is 5.99. The van der Waals surface area contributed by atoms with Crippen molar-refractivity contribution in [2.75, 3.05) is 19.6 Å². The van der Waals surface area contributed by atoms with Crippen LogP contribution in [-0.2, 0) is 0 Å². The fraction of sp³-hybridized carbons (Fsp3) is 1.00. The Morgan fingerprint density at radius 3 is 2.25 bits per heavy atom. The first-order chi connectivity index (χ1) is 7.47. The number of nitrogens with one attached hydrogen (secondary N) is 1. The van der Waals surface area contributed by atoms with Gasteiger partial charge in [0.15, 0.2) is 0 Å². The zero-order valence-electron chi connectivity index (χ0n) is 11.3. The highest BCUT2D eigenvalue weighted by molar-refractivity contribution is 4.89. The SMILES string of the molecule is CCC(C)NCC1(O)CCN(C(C)C)CC1. The number of rotatable bonds is 5. The van der Waals surface area contributed by atoms with Gasteiger partial charge in [0.25, 0.3) is 0 Å². The summed E-state index contributed by atoms with van der Waals surface area (Å²) in [5.74, 6) is 0. The molecule has 1 atom stereocenters. The van der Waals surface area contributed by atoms with E-state index in [1.54, 1.807) is 0 Å². The maximum atomic E-state index is 10.4. The minimum atomic E-state index is -0.477. The number of likely N-dealkylation sites (tertiary alicyclic amines) is 1. The smallest absolute Gasteiger partial charge is 0.0796 e. The summed E-state index contributed by atoms with van der Waals surface area (Å²) < 4.78 is 0. The predicted octanol–water partition coefficient (Wildman–Crippen LogP) is 1.61. The largest absolute Gasteiger partial charge is 0.388 e. The summed E-state index contributed by atoms with van der Waals surface area (Å²) in [7, 11) is 0. The lowest BCUT2D eigenvalue weighted by molar-refractivity contribution is -0.0277. The van der Waals surface area contributed by atoms with Crippen LogP contribution in [0.4, 0.5) is 0 Å². The van der Waals surface area contributed by atoms with E-state index in [9.17, 15) is 5.11 Å². The molecule has 3 nitrogen and oxygen atoms in total. The quantitative estimate of drug-likeness (QED) is 0.750. The Morgan fingerprint density at radius 1 is 1.25 bits per heavy atom. The third-order valence-corrected chi connectivity index (χ3v) is 3.85. The first-order valence-electron chi connectivity index (χ1n) is 6.66. The minimum Gasteiger partial charge on any atom is -0.388 e. The molecule has 0 amide bonds. The molecule has 1 unspecified atom stereocenters. The van der Waals surface area contributed by atoms with Gasteiger partial charge in [0.2, 0.25) is 0 Å². The van der Waals surface area contributed by atoms with E-state index in [4.69, 9.17) is 0 Å². The van der Waals surface area contributed by atoms with Crippen LogP contribution >= 0.6 is 0 Å². The molecule has 0 bridgehead atoms. The van der Waals surface area contributed by atoms with E-state index in [0.717, 1.165) is 38.9 Å². The van der Waals surface area contributed by atoms with E-state index in [2.05, 4.69) is 37.9 Å². The van der Waals surface area contributed by atoms with Crippen molar-refractivity contribution in [1.29, 1.82) is 0 Å². The summed E-state index contributed by atoms with van der Waals surface area (Å²) in [6, 6.07) is 1.11. The van der Waals surface area contributed by atoms with Gasteiger partial charge in [-0.2, -0.15) is 0 Å². The zero-order valence-corrected chi connectivity index (χ0v) is 11.3. The Hall–Kier alpha value is -0.120. The Balaban J connectivity index is 2.32. The van der Waals surface area contributed by atoms with Crippen LogP contribution in [0.5, 0.6) is 0 Å². The number of aliphatic hydroxyl groups is 1. The molecular weight excluding hydrogens is 200 g/mol. The van der Waals surface area contributed by atoms with Crippen molar-refractivity contribution in [2.24, 2.45) is 0 Å². The maximum absolute atomic E-state index is 10.4. The molecule has 0 saturated carbocycles. The van der Waals surface area contributed by atoms with Crippen LogP contribution in [-0.4, -0.2) is 47.3 Å². The van der Waals surface area contributed by atoms with Gasteiger partial charge in [-0.1, -0.05) is 6.92 Å². The van der Waals surface area contributed by atoms with Crippen LogP contribution in [0.25, 0.3) is 0 Å². The van der Waals surface area contributed by atoms with Crippen LogP contribution < -0.4 is 5.32 Å². The number of piperidine rings is 1. The highest BCUT2D eigenvalue weighted by atomic mass is 16.3. The van der Waals surface area contributed by atoms with Crippen molar-refractivity contribution in [1.82, 2.24) is 10.2 Å². The molecule has 0 aliphatic carbocycles. The Bertz CT molecular complexity index is 198. The average Bonchev–Trinajstić information content (AvgIpc) is 2.26. The lowest BCUT2D eigenvalue weighted by Crippen LogP contribution is -2.52. The Labute approximate surface area is 100 Å². The van der Waals surface area contributed by atoms with Gasteiger partial charge in [-0.05, 0) is 40.0 Å². The van der Waals surface area contributed by atoms with Gasteiger partial charge in [0, 0.05) is 31.7 Å².